The summed E-state index contributed by atoms with van der Waals surface area (Å²) in [5, 5.41) is 3.82. The molecular formula is C14H18ClF3N2O. The lowest BCUT2D eigenvalue weighted by Crippen LogP contribution is -2.43. The molecule has 2 rings (SSSR count). The molecule has 118 valence electrons. The Balaban J connectivity index is 1.85. The molecule has 3 nitrogen and oxygen atoms in total. The summed E-state index contributed by atoms with van der Waals surface area (Å²) >= 11 is 6.04. The summed E-state index contributed by atoms with van der Waals surface area (Å²) in [5.74, 6) is 0.599. The van der Waals surface area contributed by atoms with E-state index in [1.807, 2.05) is 6.07 Å². The molecule has 1 fully saturated rings. The summed E-state index contributed by atoms with van der Waals surface area (Å²) in [6.07, 6.45) is -2.76. The molecular weight excluding hydrogens is 305 g/mol. The zero-order chi connectivity index (χ0) is 15.5. The van der Waals surface area contributed by atoms with Crippen molar-refractivity contribution in [3.8, 4) is 5.75 Å². The van der Waals surface area contributed by atoms with Gasteiger partial charge >= 0.3 is 6.18 Å². The maximum atomic E-state index is 12.3. The maximum absolute atomic E-state index is 12.3. The fraction of sp³-hybridized carbons (Fsp3) is 0.571. The third kappa shape index (κ3) is 4.97. The number of hydrogen-bond donors (Lipinski definition) is 1. The Morgan fingerprint density at radius 2 is 2.00 bits per heavy atom. The number of anilines is 1. The molecule has 0 atom stereocenters. The van der Waals surface area contributed by atoms with Crippen LogP contribution in [-0.4, -0.2) is 43.9 Å². The normalized spacial score (nSPS) is 17.8. The van der Waals surface area contributed by atoms with E-state index in [1.165, 1.54) is 4.90 Å². The van der Waals surface area contributed by atoms with E-state index >= 15 is 0 Å². The number of halogens is 4. The van der Waals surface area contributed by atoms with E-state index in [1.54, 1.807) is 19.2 Å². The Bertz CT molecular complexity index is 474. The van der Waals surface area contributed by atoms with Crippen LogP contribution in [-0.2, 0) is 0 Å². The van der Waals surface area contributed by atoms with Crippen molar-refractivity contribution in [2.45, 2.75) is 25.1 Å². The highest BCUT2D eigenvalue weighted by atomic mass is 35.5. The number of rotatable bonds is 4. The topological polar surface area (TPSA) is 24.5 Å². The number of ether oxygens (including phenoxy) is 1. The average Bonchev–Trinajstić information content (AvgIpc) is 2.40. The van der Waals surface area contributed by atoms with E-state index in [0.29, 0.717) is 36.7 Å². The molecule has 1 aliphatic rings. The van der Waals surface area contributed by atoms with Gasteiger partial charge in [-0.2, -0.15) is 13.2 Å². The van der Waals surface area contributed by atoms with E-state index < -0.39 is 12.7 Å². The molecule has 1 heterocycles. The minimum absolute atomic E-state index is 0.166. The van der Waals surface area contributed by atoms with Gasteiger partial charge in [-0.1, -0.05) is 11.6 Å². The molecule has 0 spiro atoms. The number of methoxy groups -OCH3 is 1. The monoisotopic (exact) mass is 322 g/mol. The maximum Gasteiger partial charge on any atom is 0.401 e. The van der Waals surface area contributed by atoms with Gasteiger partial charge in [0.25, 0.3) is 0 Å². The number of benzene rings is 1. The summed E-state index contributed by atoms with van der Waals surface area (Å²) in [6, 6.07) is 5.55. The zero-order valence-corrected chi connectivity index (χ0v) is 12.5. The van der Waals surface area contributed by atoms with Crippen LogP contribution in [0.2, 0.25) is 5.02 Å². The van der Waals surface area contributed by atoms with Crippen LogP contribution >= 0.6 is 11.6 Å². The summed E-state index contributed by atoms with van der Waals surface area (Å²) in [4.78, 5) is 1.44. The highest BCUT2D eigenvalue weighted by molar-refractivity contribution is 6.32. The van der Waals surface area contributed by atoms with Crippen LogP contribution in [0, 0.1) is 0 Å². The molecule has 0 amide bonds. The van der Waals surface area contributed by atoms with E-state index in [4.69, 9.17) is 16.3 Å². The summed E-state index contributed by atoms with van der Waals surface area (Å²) < 4.78 is 42.0. The van der Waals surface area contributed by atoms with Gasteiger partial charge in [-0.15, -0.1) is 0 Å². The van der Waals surface area contributed by atoms with E-state index in [0.717, 1.165) is 5.69 Å². The van der Waals surface area contributed by atoms with Crippen LogP contribution in [0.3, 0.4) is 0 Å². The predicted molar refractivity (Wildman–Crippen MR) is 77.1 cm³/mol. The fourth-order valence-electron chi connectivity index (χ4n) is 2.48. The van der Waals surface area contributed by atoms with Crippen LogP contribution in [0.5, 0.6) is 5.75 Å². The average molecular weight is 323 g/mol. The van der Waals surface area contributed by atoms with Crippen molar-refractivity contribution in [2.24, 2.45) is 0 Å². The van der Waals surface area contributed by atoms with Gasteiger partial charge < -0.3 is 10.1 Å². The van der Waals surface area contributed by atoms with Crippen LogP contribution in [0.4, 0.5) is 18.9 Å². The smallest absolute Gasteiger partial charge is 0.401 e. The fourth-order valence-corrected chi connectivity index (χ4v) is 2.74. The Labute approximate surface area is 127 Å². The van der Waals surface area contributed by atoms with E-state index in [-0.39, 0.29) is 6.04 Å². The quantitative estimate of drug-likeness (QED) is 0.913. The molecule has 0 aromatic heterocycles. The molecule has 0 aliphatic carbocycles. The SMILES string of the molecule is COc1ccc(NC2CCN(CC(F)(F)F)CC2)cc1Cl. The van der Waals surface area contributed by atoms with Gasteiger partial charge in [-0.25, -0.2) is 0 Å². The molecule has 0 bridgehead atoms. The van der Waals surface area contributed by atoms with E-state index in [9.17, 15) is 13.2 Å². The molecule has 1 aromatic rings. The molecule has 0 saturated carbocycles. The lowest BCUT2D eigenvalue weighted by molar-refractivity contribution is -0.147. The first kappa shape index (κ1) is 16.2. The van der Waals surface area contributed by atoms with Crippen molar-refractivity contribution >= 4 is 17.3 Å². The van der Waals surface area contributed by atoms with Crippen LogP contribution < -0.4 is 10.1 Å². The Kier molecular flexibility index (Phi) is 5.22. The number of nitrogens with zero attached hydrogens (tertiary/aromatic N) is 1. The first-order valence-electron chi connectivity index (χ1n) is 6.76. The number of piperidine rings is 1. The number of nitrogens with one attached hydrogen (secondary N) is 1. The highest BCUT2D eigenvalue weighted by Gasteiger charge is 2.32. The van der Waals surface area contributed by atoms with Gasteiger partial charge in [0.2, 0.25) is 0 Å². The molecule has 7 heteroatoms. The van der Waals surface area contributed by atoms with Gasteiger partial charge in [-0.05, 0) is 31.0 Å². The van der Waals surface area contributed by atoms with Crippen molar-refractivity contribution in [3.05, 3.63) is 23.2 Å². The van der Waals surface area contributed by atoms with Crippen LogP contribution in [0.25, 0.3) is 0 Å². The van der Waals surface area contributed by atoms with Gasteiger partial charge in [-0.3, -0.25) is 4.90 Å². The van der Waals surface area contributed by atoms with Gasteiger partial charge in [0.15, 0.2) is 0 Å². The lowest BCUT2D eigenvalue weighted by Gasteiger charge is -2.33. The summed E-state index contributed by atoms with van der Waals surface area (Å²) in [6.45, 7) is 0.0657. The summed E-state index contributed by atoms with van der Waals surface area (Å²) in [7, 11) is 1.55. The summed E-state index contributed by atoms with van der Waals surface area (Å²) in [5.41, 5.74) is 0.857. The Morgan fingerprint density at radius 3 is 2.52 bits per heavy atom. The number of hydrogen-bond acceptors (Lipinski definition) is 3. The minimum Gasteiger partial charge on any atom is -0.495 e. The van der Waals surface area contributed by atoms with E-state index in [2.05, 4.69) is 5.32 Å². The molecule has 1 aliphatic heterocycles. The molecule has 1 aromatic carbocycles. The predicted octanol–water partition coefficient (Wildman–Crippen LogP) is 3.79. The number of alkyl halides is 3. The molecule has 1 saturated heterocycles. The van der Waals surface area contributed by atoms with Crippen molar-refractivity contribution in [3.63, 3.8) is 0 Å². The van der Waals surface area contributed by atoms with Crippen LogP contribution in [0.1, 0.15) is 12.8 Å². The van der Waals surface area contributed by atoms with Crippen molar-refractivity contribution in [1.29, 1.82) is 0 Å². The molecule has 1 N–H and O–H groups in total. The Morgan fingerprint density at radius 1 is 1.33 bits per heavy atom. The second-order valence-corrected chi connectivity index (χ2v) is 5.57. The zero-order valence-electron chi connectivity index (χ0n) is 11.7. The molecule has 0 radical (unpaired) electrons. The standard InChI is InChI=1S/C14H18ClF3N2O/c1-21-13-3-2-11(8-12(13)15)19-10-4-6-20(7-5-10)9-14(16,17)18/h2-3,8,10,19H,4-7,9H2,1H3. The second-order valence-electron chi connectivity index (χ2n) is 5.16. The minimum atomic E-state index is -4.12. The van der Waals surface area contributed by atoms with Crippen molar-refractivity contribution in [2.75, 3.05) is 32.1 Å². The largest absolute Gasteiger partial charge is 0.495 e. The van der Waals surface area contributed by atoms with Gasteiger partial charge in [0.05, 0.1) is 18.7 Å². The van der Waals surface area contributed by atoms with Crippen molar-refractivity contribution < 1.29 is 17.9 Å². The first-order chi connectivity index (χ1) is 9.87. The third-order valence-corrected chi connectivity index (χ3v) is 3.81. The Hall–Kier alpha value is -1.14. The molecule has 0 unspecified atom stereocenters. The first-order valence-corrected chi connectivity index (χ1v) is 7.14. The van der Waals surface area contributed by atoms with Gasteiger partial charge in [0.1, 0.15) is 5.75 Å². The second kappa shape index (κ2) is 6.75. The lowest BCUT2D eigenvalue weighted by atomic mass is 10.0. The highest BCUT2D eigenvalue weighted by Crippen LogP contribution is 2.28. The van der Waals surface area contributed by atoms with Crippen molar-refractivity contribution in [1.82, 2.24) is 4.90 Å². The number of likely N-dealkylation sites (tertiary alicyclic amines) is 1. The van der Waals surface area contributed by atoms with Crippen LogP contribution in [0.15, 0.2) is 18.2 Å². The van der Waals surface area contributed by atoms with Gasteiger partial charge in [0, 0.05) is 24.8 Å². The third-order valence-electron chi connectivity index (χ3n) is 3.51. The molecule has 21 heavy (non-hydrogen) atoms.